The van der Waals surface area contributed by atoms with Gasteiger partial charge in [0.05, 0.1) is 5.60 Å². The second kappa shape index (κ2) is 4.57. The summed E-state index contributed by atoms with van der Waals surface area (Å²) >= 11 is 0. The van der Waals surface area contributed by atoms with Gasteiger partial charge in [-0.25, -0.2) is 4.72 Å². The van der Waals surface area contributed by atoms with E-state index in [-0.39, 0.29) is 6.54 Å². The monoisotopic (exact) mass is 222 g/mol. The summed E-state index contributed by atoms with van der Waals surface area (Å²) in [4.78, 5) is 0. The van der Waals surface area contributed by atoms with Crippen LogP contribution >= 0.6 is 0 Å². The van der Waals surface area contributed by atoms with Crippen molar-refractivity contribution in [3.05, 3.63) is 0 Å². The minimum Gasteiger partial charge on any atom is -0.389 e. The largest absolute Gasteiger partial charge is 0.389 e. The van der Waals surface area contributed by atoms with Crippen LogP contribution in [0.2, 0.25) is 0 Å². The van der Waals surface area contributed by atoms with Gasteiger partial charge in [-0.15, -0.1) is 0 Å². The Morgan fingerprint density at radius 1 is 1.29 bits per heavy atom. The van der Waals surface area contributed by atoms with Gasteiger partial charge in [0.2, 0.25) is 0 Å². The van der Waals surface area contributed by atoms with E-state index in [4.69, 9.17) is 0 Å². The van der Waals surface area contributed by atoms with Crippen LogP contribution in [0.25, 0.3) is 0 Å². The predicted molar refractivity (Wildman–Crippen MR) is 54.0 cm³/mol. The molecule has 0 aromatic heterocycles. The zero-order valence-corrected chi connectivity index (χ0v) is 9.23. The van der Waals surface area contributed by atoms with E-state index in [1.54, 1.807) is 6.92 Å². The van der Waals surface area contributed by atoms with E-state index in [2.05, 4.69) is 9.44 Å². The molecule has 1 fully saturated rings. The SMILES string of the molecule is CCNS(=O)(=O)NCC1(O)CCCC1. The third-order valence-electron chi connectivity index (χ3n) is 2.46. The van der Waals surface area contributed by atoms with Crippen LogP contribution in [-0.4, -0.2) is 32.2 Å². The maximum atomic E-state index is 11.2. The number of nitrogens with one attached hydrogen (secondary N) is 2. The molecule has 1 saturated carbocycles. The maximum absolute atomic E-state index is 11.2. The molecule has 1 aliphatic carbocycles. The lowest BCUT2D eigenvalue weighted by Gasteiger charge is -2.22. The molecule has 0 unspecified atom stereocenters. The highest BCUT2D eigenvalue weighted by molar-refractivity contribution is 7.87. The van der Waals surface area contributed by atoms with Gasteiger partial charge < -0.3 is 5.11 Å². The number of hydrogen-bond acceptors (Lipinski definition) is 3. The van der Waals surface area contributed by atoms with Gasteiger partial charge in [0.25, 0.3) is 10.2 Å². The van der Waals surface area contributed by atoms with Gasteiger partial charge in [-0.2, -0.15) is 13.1 Å². The first-order valence-corrected chi connectivity index (χ1v) is 6.42. The Hall–Kier alpha value is -0.170. The molecular formula is C8H18N2O3S. The van der Waals surface area contributed by atoms with Crippen LogP contribution in [0, 0.1) is 0 Å². The molecule has 0 bridgehead atoms. The van der Waals surface area contributed by atoms with Crippen molar-refractivity contribution in [3.63, 3.8) is 0 Å². The van der Waals surface area contributed by atoms with Crippen molar-refractivity contribution in [2.75, 3.05) is 13.1 Å². The normalized spacial score (nSPS) is 21.3. The smallest absolute Gasteiger partial charge is 0.276 e. The Morgan fingerprint density at radius 3 is 2.36 bits per heavy atom. The van der Waals surface area contributed by atoms with E-state index in [1.165, 1.54) is 0 Å². The Bertz CT molecular complexity index is 270. The molecule has 0 saturated heterocycles. The van der Waals surface area contributed by atoms with E-state index in [1.807, 2.05) is 0 Å². The summed E-state index contributed by atoms with van der Waals surface area (Å²) in [5.41, 5.74) is -0.831. The van der Waals surface area contributed by atoms with Gasteiger partial charge in [0, 0.05) is 13.1 Å². The summed E-state index contributed by atoms with van der Waals surface area (Å²) in [6, 6.07) is 0. The van der Waals surface area contributed by atoms with Crippen LogP contribution in [0.1, 0.15) is 32.6 Å². The number of hydrogen-bond donors (Lipinski definition) is 3. The Labute approximate surface area is 85.1 Å². The lowest BCUT2D eigenvalue weighted by Crippen LogP contribution is -2.45. The Morgan fingerprint density at radius 2 is 1.86 bits per heavy atom. The minimum atomic E-state index is -3.42. The molecule has 0 aromatic rings. The first-order chi connectivity index (χ1) is 6.47. The average Bonchev–Trinajstić information content (AvgIpc) is 2.50. The van der Waals surface area contributed by atoms with Crippen molar-refractivity contribution in [3.8, 4) is 0 Å². The Kier molecular flexibility index (Phi) is 3.88. The molecule has 0 aliphatic heterocycles. The highest BCUT2D eigenvalue weighted by Gasteiger charge is 2.31. The lowest BCUT2D eigenvalue weighted by atomic mass is 10.0. The first kappa shape index (κ1) is 11.9. The van der Waals surface area contributed by atoms with Gasteiger partial charge in [0.15, 0.2) is 0 Å². The van der Waals surface area contributed by atoms with Crippen LogP contribution in [0.5, 0.6) is 0 Å². The molecular weight excluding hydrogens is 204 g/mol. The fourth-order valence-electron chi connectivity index (χ4n) is 1.68. The van der Waals surface area contributed by atoms with Crippen molar-refractivity contribution < 1.29 is 13.5 Å². The molecule has 0 heterocycles. The predicted octanol–water partition coefficient (Wildman–Crippen LogP) is -0.265. The minimum absolute atomic E-state index is 0.113. The van der Waals surface area contributed by atoms with E-state index in [9.17, 15) is 13.5 Å². The molecule has 5 nitrogen and oxygen atoms in total. The third-order valence-corrected chi connectivity index (χ3v) is 3.65. The van der Waals surface area contributed by atoms with Crippen LogP contribution < -0.4 is 9.44 Å². The Balaban J connectivity index is 2.39. The van der Waals surface area contributed by atoms with E-state index >= 15 is 0 Å². The fraction of sp³-hybridized carbons (Fsp3) is 1.00. The van der Waals surface area contributed by atoms with Crippen molar-refractivity contribution in [2.45, 2.75) is 38.2 Å². The van der Waals surface area contributed by atoms with Gasteiger partial charge in [0.1, 0.15) is 0 Å². The second-order valence-corrected chi connectivity index (χ2v) is 5.34. The van der Waals surface area contributed by atoms with Gasteiger partial charge in [-0.05, 0) is 12.8 Å². The molecule has 6 heteroatoms. The first-order valence-electron chi connectivity index (χ1n) is 4.94. The summed E-state index contributed by atoms with van der Waals surface area (Å²) in [5.74, 6) is 0. The van der Waals surface area contributed by atoms with E-state index in [0.29, 0.717) is 19.4 Å². The molecule has 1 rings (SSSR count). The number of rotatable bonds is 5. The van der Waals surface area contributed by atoms with Crippen molar-refractivity contribution in [1.29, 1.82) is 0 Å². The average molecular weight is 222 g/mol. The fourth-order valence-corrected chi connectivity index (χ4v) is 2.62. The highest BCUT2D eigenvalue weighted by Crippen LogP contribution is 2.28. The summed E-state index contributed by atoms with van der Waals surface area (Å²) in [6.45, 7) is 2.18. The van der Waals surface area contributed by atoms with Crippen LogP contribution in [0.3, 0.4) is 0 Å². The topological polar surface area (TPSA) is 78.4 Å². The van der Waals surface area contributed by atoms with Crippen LogP contribution in [0.15, 0.2) is 0 Å². The lowest BCUT2D eigenvalue weighted by molar-refractivity contribution is 0.0531. The standard InChI is InChI=1S/C8H18N2O3S/c1-2-9-14(12,13)10-7-8(11)5-3-4-6-8/h9-11H,2-7H2,1H3. The van der Waals surface area contributed by atoms with Crippen LogP contribution in [-0.2, 0) is 10.2 Å². The van der Waals surface area contributed by atoms with E-state index in [0.717, 1.165) is 12.8 Å². The van der Waals surface area contributed by atoms with E-state index < -0.39 is 15.8 Å². The summed E-state index contributed by atoms with van der Waals surface area (Å²) < 4.78 is 27.1. The molecule has 0 radical (unpaired) electrons. The zero-order chi connectivity index (χ0) is 10.7. The molecule has 0 atom stereocenters. The molecule has 0 spiro atoms. The molecule has 1 aliphatic rings. The zero-order valence-electron chi connectivity index (χ0n) is 8.41. The van der Waals surface area contributed by atoms with Gasteiger partial charge in [-0.3, -0.25) is 0 Å². The third kappa shape index (κ3) is 3.53. The van der Waals surface area contributed by atoms with Gasteiger partial charge in [-0.1, -0.05) is 19.8 Å². The van der Waals surface area contributed by atoms with Crippen molar-refractivity contribution >= 4 is 10.2 Å². The summed E-state index contributed by atoms with van der Waals surface area (Å²) in [5, 5.41) is 9.87. The van der Waals surface area contributed by atoms with Crippen molar-refractivity contribution in [1.82, 2.24) is 9.44 Å². The molecule has 84 valence electrons. The molecule has 0 amide bonds. The molecule has 0 aromatic carbocycles. The van der Waals surface area contributed by atoms with Gasteiger partial charge >= 0.3 is 0 Å². The number of aliphatic hydroxyl groups is 1. The quantitative estimate of drug-likeness (QED) is 0.599. The summed E-state index contributed by atoms with van der Waals surface area (Å²) in [7, 11) is -3.42. The van der Waals surface area contributed by atoms with Crippen molar-refractivity contribution in [2.24, 2.45) is 0 Å². The molecule has 14 heavy (non-hydrogen) atoms. The summed E-state index contributed by atoms with van der Waals surface area (Å²) in [6.07, 6.45) is 3.31. The maximum Gasteiger partial charge on any atom is 0.276 e. The van der Waals surface area contributed by atoms with Crippen LogP contribution in [0.4, 0.5) is 0 Å². The molecule has 3 N–H and O–H groups in total. The highest BCUT2D eigenvalue weighted by atomic mass is 32.2. The second-order valence-electron chi connectivity index (χ2n) is 3.75.